The molecule has 9 nitrogen and oxygen atoms in total. The lowest BCUT2D eigenvalue weighted by atomic mass is 10.1. The smallest absolute Gasteiger partial charge is 0.416 e. The molecule has 2 atom stereocenters. The summed E-state index contributed by atoms with van der Waals surface area (Å²) in [6.07, 6.45) is -8.08. The fourth-order valence-electron chi connectivity index (χ4n) is 4.03. The number of nitrogens with one attached hydrogen (secondary N) is 1. The number of carbonyl (C=O) groups is 1. The van der Waals surface area contributed by atoms with Gasteiger partial charge in [-0.25, -0.2) is 12.8 Å². The van der Waals surface area contributed by atoms with Crippen molar-refractivity contribution in [3.8, 4) is 17.0 Å². The Kier molecular flexibility index (Phi) is 6.45. The number of fused-ring (bicyclic) bond motifs is 1. The lowest BCUT2D eigenvalue weighted by Crippen LogP contribution is -2.63. The highest BCUT2D eigenvalue weighted by atomic mass is 32.2. The van der Waals surface area contributed by atoms with E-state index in [2.05, 4.69) is 15.4 Å². The Morgan fingerprint density at radius 2 is 2.00 bits per heavy atom. The maximum Gasteiger partial charge on any atom is 0.416 e. The molecule has 2 aromatic heterocycles. The first-order valence-electron chi connectivity index (χ1n) is 10.7. The zero-order valence-electron chi connectivity index (χ0n) is 19.1. The van der Waals surface area contributed by atoms with Gasteiger partial charge < -0.3 is 15.2 Å². The fraction of sp³-hybridized carbons (Fsp3) is 0.409. The number of rotatable bonds is 7. The number of amides is 1. The molecule has 2 N–H and O–H groups in total. The second-order valence-corrected chi connectivity index (χ2v) is 11.0. The van der Waals surface area contributed by atoms with Gasteiger partial charge in [0.05, 0.1) is 34.7 Å². The zero-order chi connectivity index (χ0) is 26.5. The van der Waals surface area contributed by atoms with Gasteiger partial charge in [0.15, 0.2) is 15.9 Å². The van der Waals surface area contributed by atoms with E-state index in [1.165, 1.54) is 37.4 Å². The molecule has 4 rings (SSSR count). The number of hydrogen-bond donors (Lipinski definition) is 2. The number of halogens is 4. The largest absolute Gasteiger partial charge is 0.461 e. The van der Waals surface area contributed by atoms with Crippen LogP contribution in [0.3, 0.4) is 0 Å². The van der Waals surface area contributed by atoms with E-state index in [4.69, 9.17) is 4.74 Å². The number of aromatic nitrogens is 3. The minimum Gasteiger partial charge on any atom is -0.461 e. The molecule has 1 aliphatic rings. The summed E-state index contributed by atoms with van der Waals surface area (Å²) in [6, 6.07) is 7.30. The Hall–Kier alpha value is -3.26. The van der Waals surface area contributed by atoms with Gasteiger partial charge in [-0.15, -0.1) is 0 Å². The van der Waals surface area contributed by atoms with E-state index in [-0.39, 0.29) is 39.5 Å². The van der Waals surface area contributed by atoms with E-state index in [9.17, 15) is 35.9 Å². The van der Waals surface area contributed by atoms with E-state index in [0.29, 0.717) is 5.56 Å². The number of benzene rings is 1. The van der Waals surface area contributed by atoms with Gasteiger partial charge in [-0.05, 0) is 25.1 Å². The first-order valence-corrected chi connectivity index (χ1v) is 12.5. The SMILES string of the molecule is CC(F)Oc1cccc(-c2nn(C[C@@H](O)C(F)(F)F)c3cc(C(=O)NC4(C)CS(=O)(=O)C4)cnc23)c1. The highest BCUT2D eigenvalue weighted by Gasteiger charge is 2.46. The van der Waals surface area contributed by atoms with Crippen LogP contribution in [0.5, 0.6) is 5.75 Å². The predicted octanol–water partition coefficient (Wildman–Crippen LogP) is 2.63. The molecule has 36 heavy (non-hydrogen) atoms. The molecule has 1 saturated heterocycles. The fourth-order valence-corrected chi connectivity index (χ4v) is 6.03. The van der Waals surface area contributed by atoms with Crippen molar-refractivity contribution in [3.63, 3.8) is 0 Å². The van der Waals surface area contributed by atoms with Gasteiger partial charge in [-0.1, -0.05) is 12.1 Å². The van der Waals surface area contributed by atoms with Crippen LogP contribution < -0.4 is 10.1 Å². The summed E-state index contributed by atoms with van der Waals surface area (Å²) >= 11 is 0. The van der Waals surface area contributed by atoms with Crippen molar-refractivity contribution < 1.29 is 40.6 Å². The van der Waals surface area contributed by atoms with Gasteiger partial charge in [-0.2, -0.15) is 18.3 Å². The molecule has 1 aliphatic heterocycles. The monoisotopic (exact) mass is 530 g/mol. The van der Waals surface area contributed by atoms with Crippen LogP contribution in [0.2, 0.25) is 0 Å². The molecule has 0 saturated carbocycles. The van der Waals surface area contributed by atoms with Gasteiger partial charge in [0.1, 0.15) is 17.0 Å². The summed E-state index contributed by atoms with van der Waals surface area (Å²) in [7, 11) is -3.24. The van der Waals surface area contributed by atoms with Crippen LogP contribution in [-0.4, -0.2) is 69.9 Å². The van der Waals surface area contributed by atoms with Crippen LogP contribution in [-0.2, 0) is 16.4 Å². The molecule has 3 aromatic rings. The van der Waals surface area contributed by atoms with Gasteiger partial charge >= 0.3 is 6.18 Å². The number of nitrogens with zero attached hydrogens (tertiary/aromatic N) is 3. The average molecular weight is 531 g/mol. The summed E-state index contributed by atoms with van der Waals surface area (Å²) in [4.78, 5) is 17.0. The average Bonchev–Trinajstić information content (AvgIpc) is 3.08. The number of aliphatic hydroxyl groups is 1. The first-order chi connectivity index (χ1) is 16.7. The van der Waals surface area contributed by atoms with Crippen molar-refractivity contribution in [3.05, 3.63) is 42.1 Å². The van der Waals surface area contributed by atoms with Gasteiger partial charge in [-0.3, -0.25) is 14.5 Å². The Labute approximate surface area is 203 Å². The Morgan fingerprint density at radius 3 is 2.61 bits per heavy atom. The quantitative estimate of drug-likeness (QED) is 0.450. The summed E-state index contributed by atoms with van der Waals surface area (Å²) in [6.45, 7) is 1.77. The molecule has 1 aromatic carbocycles. The van der Waals surface area contributed by atoms with Crippen molar-refractivity contribution in [2.75, 3.05) is 11.5 Å². The molecule has 0 spiro atoms. The van der Waals surface area contributed by atoms with Crippen molar-refractivity contribution in [2.45, 2.75) is 44.6 Å². The van der Waals surface area contributed by atoms with E-state index < -0.39 is 46.5 Å². The summed E-state index contributed by atoms with van der Waals surface area (Å²) in [5.41, 5.74) is -0.376. The number of sulfone groups is 1. The molecule has 14 heteroatoms. The van der Waals surface area contributed by atoms with Gasteiger partial charge in [0, 0.05) is 18.7 Å². The van der Waals surface area contributed by atoms with E-state index >= 15 is 0 Å². The third-order valence-electron chi connectivity index (χ3n) is 5.47. The summed E-state index contributed by atoms with van der Waals surface area (Å²) < 4.78 is 81.4. The molecule has 0 radical (unpaired) electrons. The molecular weight excluding hydrogens is 508 g/mol. The van der Waals surface area contributed by atoms with Crippen LogP contribution in [0.4, 0.5) is 17.6 Å². The second-order valence-electron chi connectivity index (χ2n) is 8.92. The minimum absolute atomic E-state index is 0.0255. The Morgan fingerprint density at radius 1 is 1.31 bits per heavy atom. The standard InChI is InChI=1S/C22H22F4N4O5S/c1-12(23)35-15-5-3-4-13(6-15)18-19-16(30(29-18)9-17(31)22(24,25)26)7-14(8-27-19)20(32)28-21(2)10-36(33,34)11-21/h3-8,12,17,31H,9-11H2,1-2H3,(H,28,32)/t12?,17-/m1/s1. The number of aliphatic hydroxyl groups excluding tert-OH is 1. The number of hydrogen-bond acceptors (Lipinski definition) is 7. The van der Waals surface area contributed by atoms with Crippen molar-refractivity contribution >= 4 is 26.8 Å². The molecule has 0 bridgehead atoms. The van der Waals surface area contributed by atoms with Crippen molar-refractivity contribution in [2.24, 2.45) is 0 Å². The van der Waals surface area contributed by atoms with Crippen LogP contribution >= 0.6 is 0 Å². The highest BCUT2D eigenvalue weighted by molar-refractivity contribution is 7.93. The highest BCUT2D eigenvalue weighted by Crippen LogP contribution is 2.31. The molecule has 3 heterocycles. The molecular formula is C22H22F4N4O5S. The number of ether oxygens (including phenoxy) is 1. The second kappa shape index (κ2) is 9.00. The molecule has 1 amide bonds. The summed E-state index contributed by atoms with van der Waals surface area (Å²) in [5.74, 6) is -0.992. The van der Waals surface area contributed by atoms with E-state index in [1.54, 1.807) is 13.0 Å². The first kappa shape index (κ1) is 25.8. The number of alkyl halides is 4. The molecule has 1 unspecified atom stereocenters. The molecule has 0 aliphatic carbocycles. The molecule has 1 fully saturated rings. The summed E-state index contributed by atoms with van der Waals surface area (Å²) in [5, 5.41) is 16.4. The Balaban J connectivity index is 1.75. The van der Waals surface area contributed by atoms with E-state index in [0.717, 1.165) is 4.68 Å². The van der Waals surface area contributed by atoms with Crippen LogP contribution in [0, 0.1) is 0 Å². The van der Waals surface area contributed by atoms with Crippen molar-refractivity contribution in [1.82, 2.24) is 20.1 Å². The maximum atomic E-state index is 13.3. The van der Waals surface area contributed by atoms with Gasteiger partial charge in [0.25, 0.3) is 5.91 Å². The van der Waals surface area contributed by atoms with E-state index in [1.807, 2.05) is 0 Å². The van der Waals surface area contributed by atoms with Crippen molar-refractivity contribution in [1.29, 1.82) is 0 Å². The van der Waals surface area contributed by atoms with Crippen LogP contribution in [0.1, 0.15) is 24.2 Å². The normalized spacial score (nSPS) is 18.3. The molecule has 194 valence electrons. The topological polar surface area (TPSA) is 123 Å². The van der Waals surface area contributed by atoms with Gasteiger partial charge in [0.2, 0.25) is 6.36 Å². The maximum absolute atomic E-state index is 13.3. The van der Waals surface area contributed by atoms with Crippen LogP contribution in [0.15, 0.2) is 36.5 Å². The van der Waals surface area contributed by atoms with Crippen LogP contribution in [0.25, 0.3) is 22.3 Å². The lowest BCUT2D eigenvalue weighted by molar-refractivity contribution is -0.207. The third kappa shape index (κ3) is 5.43. The predicted molar refractivity (Wildman–Crippen MR) is 121 cm³/mol. The Bertz CT molecular complexity index is 1410. The minimum atomic E-state index is -4.92. The lowest BCUT2D eigenvalue weighted by Gasteiger charge is -2.38. The number of carbonyl (C=O) groups excluding carboxylic acids is 1. The zero-order valence-corrected chi connectivity index (χ0v) is 19.9. The number of pyridine rings is 1. The third-order valence-corrected chi connectivity index (χ3v) is 7.63.